The highest BCUT2D eigenvalue weighted by atomic mass is 16.5. The standard InChI is InChI=1S/C14H20O4/c1-17-13(15)11-9-6-10(12(11)14(16)18-2)8-5-3-4-7(8)9/h7-12H,3-6H2,1-2H3/t7?,8?,9-,10+,11-,12+. The van der Waals surface area contributed by atoms with Crippen molar-refractivity contribution in [2.45, 2.75) is 25.7 Å². The molecule has 3 aliphatic rings. The second-order valence-corrected chi connectivity index (χ2v) is 5.92. The fraction of sp³-hybridized carbons (Fsp3) is 0.857. The van der Waals surface area contributed by atoms with Gasteiger partial charge >= 0.3 is 11.9 Å². The van der Waals surface area contributed by atoms with E-state index in [1.165, 1.54) is 33.5 Å². The fourth-order valence-corrected chi connectivity index (χ4v) is 5.02. The first kappa shape index (κ1) is 12.0. The molecule has 0 aromatic rings. The van der Waals surface area contributed by atoms with Crippen LogP contribution in [0.4, 0.5) is 0 Å². The second kappa shape index (κ2) is 4.25. The number of ether oxygens (including phenoxy) is 2. The molecule has 100 valence electrons. The molecule has 0 heterocycles. The van der Waals surface area contributed by atoms with Crippen LogP contribution in [-0.2, 0) is 19.1 Å². The lowest BCUT2D eigenvalue weighted by Crippen LogP contribution is -2.41. The molecule has 2 unspecified atom stereocenters. The van der Waals surface area contributed by atoms with E-state index in [1.807, 2.05) is 0 Å². The minimum absolute atomic E-state index is 0.219. The SMILES string of the molecule is COC(=O)[C@@H]1[C@H](C(=O)OC)[C@@H]2C[C@H]1C1CCCC12. The minimum Gasteiger partial charge on any atom is -0.469 e. The van der Waals surface area contributed by atoms with Gasteiger partial charge in [0.05, 0.1) is 26.1 Å². The zero-order valence-electron chi connectivity index (χ0n) is 10.9. The number of carbonyl (C=O) groups excluding carboxylic acids is 2. The summed E-state index contributed by atoms with van der Waals surface area (Å²) in [6.07, 6.45) is 4.68. The molecule has 0 aromatic carbocycles. The van der Waals surface area contributed by atoms with Gasteiger partial charge in [-0.2, -0.15) is 0 Å². The Morgan fingerprint density at radius 3 is 1.67 bits per heavy atom. The molecule has 3 rings (SSSR count). The third kappa shape index (κ3) is 1.44. The van der Waals surface area contributed by atoms with E-state index >= 15 is 0 Å². The highest BCUT2D eigenvalue weighted by Gasteiger charge is 2.63. The highest BCUT2D eigenvalue weighted by molar-refractivity contribution is 5.83. The molecule has 0 saturated heterocycles. The maximum atomic E-state index is 12.0. The second-order valence-electron chi connectivity index (χ2n) is 5.92. The first-order valence-electron chi connectivity index (χ1n) is 6.84. The predicted octanol–water partition coefficient (Wildman–Crippen LogP) is 1.63. The van der Waals surface area contributed by atoms with Crippen LogP contribution in [-0.4, -0.2) is 26.2 Å². The summed E-state index contributed by atoms with van der Waals surface area (Å²) in [5, 5.41) is 0. The zero-order chi connectivity index (χ0) is 12.9. The number of hydrogen-bond donors (Lipinski definition) is 0. The van der Waals surface area contributed by atoms with Gasteiger partial charge in [0.1, 0.15) is 0 Å². The van der Waals surface area contributed by atoms with Crippen molar-refractivity contribution in [2.75, 3.05) is 14.2 Å². The molecule has 3 aliphatic carbocycles. The van der Waals surface area contributed by atoms with Crippen LogP contribution in [0, 0.1) is 35.5 Å². The van der Waals surface area contributed by atoms with Gasteiger partial charge in [-0.15, -0.1) is 0 Å². The van der Waals surface area contributed by atoms with Crippen molar-refractivity contribution in [2.24, 2.45) is 35.5 Å². The molecule has 3 fully saturated rings. The summed E-state index contributed by atoms with van der Waals surface area (Å²) in [5.41, 5.74) is 0. The summed E-state index contributed by atoms with van der Waals surface area (Å²) in [7, 11) is 2.82. The van der Waals surface area contributed by atoms with Gasteiger partial charge in [-0.1, -0.05) is 6.42 Å². The summed E-state index contributed by atoms with van der Waals surface area (Å²) >= 11 is 0. The van der Waals surface area contributed by atoms with E-state index in [2.05, 4.69) is 0 Å². The summed E-state index contributed by atoms with van der Waals surface area (Å²) in [4.78, 5) is 24.0. The molecule has 0 spiro atoms. The topological polar surface area (TPSA) is 52.6 Å². The molecule has 2 bridgehead atoms. The predicted molar refractivity (Wildman–Crippen MR) is 63.4 cm³/mol. The number of esters is 2. The summed E-state index contributed by atoms with van der Waals surface area (Å²) in [5.74, 6) is 1.02. The van der Waals surface area contributed by atoms with Crippen molar-refractivity contribution in [3.05, 3.63) is 0 Å². The first-order chi connectivity index (χ1) is 8.69. The lowest BCUT2D eigenvalue weighted by Gasteiger charge is -2.35. The van der Waals surface area contributed by atoms with Crippen molar-refractivity contribution in [3.63, 3.8) is 0 Å². The monoisotopic (exact) mass is 252 g/mol. The zero-order valence-corrected chi connectivity index (χ0v) is 10.9. The summed E-state index contributed by atoms with van der Waals surface area (Å²) in [6.45, 7) is 0. The van der Waals surface area contributed by atoms with Crippen LogP contribution in [0.25, 0.3) is 0 Å². The molecule has 0 aromatic heterocycles. The van der Waals surface area contributed by atoms with E-state index in [9.17, 15) is 9.59 Å². The molecule has 0 radical (unpaired) electrons. The van der Waals surface area contributed by atoms with Crippen LogP contribution in [0.1, 0.15) is 25.7 Å². The molecule has 0 N–H and O–H groups in total. The van der Waals surface area contributed by atoms with Crippen molar-refractivity contribution in [1.29, 1.82) is 0 Å². The molecule has 4 nitrogen and oxygen atoms in total. The molecule has 3 saturated carbocycles. The van der Waals surface area contributed by atoms with E-state index in [0.29, 0.717) is 23.7 Å². The van der Waals surface area contributed by atoms with E-state index < -0.39 is 0 Å². The largest absolute Gasteiger partial charge is 0.469 e. The molecule has 0 amide bonds. The normalized spacial score (nSPS) is 44.8. The Morgan fingerprint density at radius 2 is 1.28 bits per heavy atom. The van der Waals surface area contributed by atoms with Crippen LogP contribution < -0.4 is 0 Å². The van der Waals surface area contributed by atoms with Gasteiger partial charge < -0.3 is 9.47 Å². The van der Waals surface area contributed by atoms with Crippen LogP contribution in [0.3, 0.4) is 0 Å². The van der Waals surface area contributed by atoms with Gasteiger partial charge in [-0.3, -0.25) is 9.59 Å². The Morgan fingerprint density at radius 1 is 0.833 bits per heavy atom. The van der Waals surface area contributed by atoms with Crippen LogP contribution in [0.2, 0.25) is 0 Å². The number of fused-ring (bicyclic) bond motifs is 5. The van der Waals surface area contributed by atoms with E-state index in [4.69, 9.17) is 9.47 Å². The van der Waals surface area contributed by atoms with Crippen LogP contribution in [0.5, 0.6) is 0 Å². The average molecular weight is 252 g/mol. The Labute approximate surface area is 107 Å². The molecule has 4 heteroatoms. The summed E-state index contributed by atoms with van der Waals surface area (Å²) in [6, 6.07) is 0. The van der Waals surface area contributed by atoms with Crippen molar-refractivity contribution in [3.8, 4) is 0 Å². The maximum Gasteiger partial charge on any atom is 0.309 e. The van der Waals surface area contributed by atoms with Gasteiger partial charge in [0.2, 0.25) is 0 Å². The Kier molecular flexibility index (Phi) is 2.83. The highest BCUT2D eigenvalue weighted by Crippen LogP contribution is 2.63. The Balaban J connectivity index is 1.91. The van der Waals surface area contributed by atoms with Gasteiger partial charge in [-0.25, -0.2) is 0 Å². The van der Waals surface area contributed by atoms with E-state index in [0.717, 1.165) is 6.42 Å². The van der Waals surface area contributed by atoms with Crippen LogP contribution >= 0.6 is 0 Å². The number of carbonyl (C=O) groups is 2. The number of methoxy groups -OCH3 is 2. The van der Waals surface area contributed by atoms with Gasteiger partial charge in [0, 0.05) is 0 Å². The molecule has 0 aliphatic heterocycles. The Hall–Kier alpha value is -1.06. The first-order valence-corrected chi connectivity index (χ1v) is 6.84. The molecular formula is C14H20O4. The molecule has 6 atom stereocenters. The fourth-order valence-electron chi connectivity index (χ4n) is 5.02. The Bertz CT molecular complexity index is 344. The van der Waals surface area contributed by atoms with Crippen molar-refractivity contribution < 1.29 is 19.1 Å². The minimum atomic E-state index is -0.258. The van der Waals surface area contributed by atoms with E-state index in [-0.39, 0.29) is 23.8 Å². The van der Waals surface area contributed by atoms with Crippen molar-refractivity contribution >= 4 is 11.9 Å². The van der Waals surface area contributed by atoms with E-state index in [1.54, 1.807) is 0 Å². The van der Waals surface area contributed by atoms with Crippen LogP contribution in [0.15, 0.2) is 0 Å². The smallest absolute Gasteiger partial charge is 0.309 e. The molecule has 18 heavy (non-hydrogen) atoms. The number of hydrogen-bond acceptors (Lipinski definition) is 4. The third-order valence-electron chi connectivity index (χ3n) is 5.53. The maximum absolute atomic E-state index is 12.0. The average Bonchev–Trinajstić information content (AvgIpc) is 3.06. The van der Waals surface area contributed by atoms with Gasteiger partial charge in [-0.05, 0) is 42.9 Å². The summed E-state index contributed by atoms with van der Waals surface area (Å²) < 4.78 is 9.83. The lowest BCUT2D eigenvalue weighted by molar-refractivity contribution is -0.162. The van der Waals surface area contributed by atoms with Crippen molar-refractivity contribution in [1.82, 2.24) is 0 Å². The number of rotatable bonds is 2. The van der Waals surface area contributed by atoms with Gasteiger partial charge in [0.25, 0.3) is 0 Å². The van der Waals surface area contributed by atoms with Gasteiger partial charge in [0.15, 0.2) is 0 Å². The quantitative estimate of drug-likeness (QED) is 0.701. The lowest BCUT2D eigenvalue weighted by atomic mass is 9.69. The third-order valence-corrected chi connectivity index (χ3v) is 5.53. The molecular weight excluding hydrogens is 232 g/mol.